The Kier molecular flexibility index (Phi) is 9.13. The summed E-state index contributed by atoms with van der Waals surface area (Å²) in [6.07, 6.45) is 2.56. The number of thiazole rings is 1. The molecule has 3 aromatic rings. The second kappa shape index (κ2) is 12.3. The Morgan fingerprint density at radius 2 is 2.03 bits per heavy atom. The van der Waals surface area contributed by atoms with Gasteiger partial charge in [-0.15, -0.1) is 11.3 Å². The number of nitrogens with zero attached hydrogens (tertiary/aromatic N) is 2. The number of ether oxygens (including phenoxy) is 2. The minimum absolute atomic E-state index is 0.191. The van der Waals surface area contributed by atoms with Crippen molar-refractivity contribution in [3.8, 4) is 22.8 Å². The third kappa shape index (κ3) is 7.39. The van der Waals surface area contributed by atoms with Crippen molar-refractivity contribution < 1.29 is 14.3 Å². The predicted octanol–water partition coefficient (Wildman–Crippen LogP) is 5.49. The first-order chi connectivity index (χ1) is 15.5. The number of rotatable bonds is 11. The maximum absolute atomic E-state index is 12.1. The quantitative estimate of drug-likeness (QED) is 0.228. The van der Waals surface area contributed by atoms with Crippen LogP contribution in [0.4, 0.5) is 0 Å². The lowest BCUT2D eigenvalue weighted by Gasteiger charge is -2.12. The van der Waals surface area contributed by atoms with Gasteiger partial charge in [-0.2, -0.15) is 5.10 Å². The molecule has 2 aromatic carbocycles. The van der Waals surface area contributed by atoms with E-state index in [1.165, 1.54) is 23.1 Å². The number of hydrazone groups is 1. The van der Waals surface area contributed by atoms with Crippen LogP contribution in [0.25, 0.3) is 11.3 Å². The van der Waals surface area contributed by atoms with Crippen LogP contribution in [0.3, 0.4) is 0 Å². The van der Waals surface area contributed by atoms with Crippen molar-refractivity contribution in [2.45, 2.75) is 24.6 Å². The molecular weight excluding hydrogens is 442 g/mol. The Balaban J connectivity index is 1.47. The fourth-order valence-electron chi connectivity index (χ4n) is 2.69. The minimum Gasteiger partial charge on any atom is -0.493 e. The molecule has 8 heteroatoms. The first-order valence-electron chi connectivity index (χ1n) is 10.3. The van der Waals surface area contributed by atoms with Crippen LogP contribution in [-0.4, -0.2) is 36.6 Å². The molecule has 6 nitrogen and oxygen atoms in total. The van der Waals surface area contributed by atoms with Gasteiger partial charge in [-0.1, -0.05) is 55.9 Å². The van der Waals surface area contributed by atoms with Gasteiger partial charge in [0.05, 0.1) is 31.4 Å². The molecule has 1 aromatic heterocycles. The average molecular weight is 470 g/mol. The summed E-state index contributed by atoms with van der Waals surface area (Å²) in [4.78, 5) is 16.7. The van der Waals surface area contributed by atoms with E-state index < -0.39 is 0 Å². The predicted molar refractivity (Wildman–Crippen MR) is 132 cm³/mol. The maximum atomic E-state index is 12.1. The third-order valence-electron chi connectivity index (χ3n) is 4.42. The van der Waals surface area contributed by atoms with Gasteiger partial charge in [-0.3, -0.25) is 4.79 Å². The zero-order valence-corrected chi connectivity index (χ0v) is 20.0. The smallest absolute Gasteiger partial charge is 0.250 e. The standard InChI is InChI=1S/C24H27N3O3S2/c1-17(2)11-12-30-21-10-9-18(13-22(21)29-3)14-25-27-23(28)16-32-24-26-20(15-31-24)19-7-5-4-6-8-19/h4-10,13-15,17H,11-12,16H2,1-3H3,(H,27,28)/b25-14+. The Bertz CT molecular complexity index is 1040. The molecule has 0 aliphatic rings. The second-order valence-corrected chi connectivity index (χ2v) is 9.47. The van der Waals surface area contributed by atoms with Gasteiger partial charge in [-0.25, -0.2) is 10.4 Å². The number of benzene rings is 2. The van der Waals surface area contributed by atoms with Crippen LogP contribution in [0.5, 0.6) is 11.5 Å². The van der Waals surface area contributed by atoms with Crippen molar-refractivity contribution in [1.29, 1.82) is 0 Å². The highest BCUT2D eigenvalue weighted by Crippen LogP contribution is 2.29. The summed E-state index contributed by atoms with van der Waals surface area (Å²) in [5.41, 5.74) is 5.34. The first kappa shape index (κ1) is 23.8. The van der Waals surface area contributed by atoms with Crippen LogP contribution in [0.15, 0.2) is 63.4 Å². The number of aromatic nitrogens is 1. The van der Waals surface area contributed by atoms with Crippen LogP contribution in [0, 0.1) is 5.92 Å². The summed E-state index contributed by atoms with van der Waals surface area (Å²) in [6.45, 7) is 4.96. The molecule has 0 atom stereocenters. The van der Waals surface area contributed by atoms with Gasteiger partial charge in [0.2, 0.25) is 0 Å². The molecule has 0 unspecified atom stereocenters. The lowest BCUT2D eigenvalue weighted by Crippen LogP contribution is -2.19. The number of hydrogen-bond acceptors (Lipinski definition) is 7. The molecule has 168 valence electrons. The van der Waals surface area contributed by atoms with Gasteiger partial charge in [0.25, 0.3) is 5.91 Å². The molecule has 0 aliphatic carbocycles. The fraction of sp³-hybridized carbons (Fsp3) is 0.292. The molecule has 0 saturated heterocycles. The summed E-state index contributed by atoms with van der Waals surface area (Å²) < 4.78 is 12.1. The van der Waals surface area contributed by atoms with Crippen LogP contribution < -0.4 is 14.9 Å². The second-order valence-electron chi connectivity index (χ2n) is 7.39. The van der Waals surface area contributed by atoms with E-state index in [0.717, 1.165) is 27.6 Å². The molecule has 0 bridgehead atoms. The highest BCUT2D eigenvalue weighted by Gasteiger charge is 2.08. The lowest BCUT2D eigenvalue weighted by molar-refractivity contribution is -0.118. The highest BCUT2D eigenvalue weighted by molar-refractivity contribution is 8.01. The van der Waals surface area contributed by atoms with Crippen molar-refractivity contribution in [1.82, 2.24) is 10.4 Å². The van der Waals surface area contributed by atoms with E-state index >= 15 is 0 Å². The zero-order chi connectivity index (χ0) is 22.8. The van der Waals surface area contributed by atoms with E-state index in [0.29, 0.717) is 24.0 Å². The highest BCUT2D eigenvalue weighted by atomic mass is 32.2. The number of carbonyl (C=O) groups excluding carboxylic acids is 1. The van der Waals surface area contributed by atoms with E-state index in [1.54, 1.807) is 13.3 Å². The Labute approximate surface area is 197 Å². The SMILES string of the molecule is COc1cc(/C=N/NC(=O)CSc2nc(-c3ccccc3)cs2)ccc1OCCC(C)C. The van der Waals surface area contributed by atoms with E-state index in [9.17, 15) is 4.79 Å². The number of amides is 1. The Hall–Kier alpha value is -2.84. The Morgan fingerprint density at radius 1 is 1.22 bits per heavy atom. The average Bonchev–Trinajstić information content (AvgIpc) is 3.28. The lowest BCUT2D eigenvalue weighted by atomic mass is 10.1. The molecule has 0 aliphatic heterocycles. The number of hydrogen-bond donors (Lipinski definition) is 1. The molecule has 1 N–H and O–H groups in total. The molecule has 0 spiro atoms. The number of nitrogens with one attached hydrogen (secondary N) is 1. The number of methoxy groups -OCH3 is 1. The first-order valence-corrected chi connectivity index (χ1v) is 12.2. The Morgan fingerprint density at radius 3 is 2.78 bits per heavy atom. The van der Waals surface area contributed by atoms with Crippen molar-refractivity contribution >= 4 is 35.2 Å². The van der Waals surface area contributed by atoms with Crippen LogP contribution in [0.1, 0.15) is 25.8 Å². The van der Waals surface area contributed by atoms with Crippen molar-refractivity contribution in [3.63, 3.8) is 0 Å². The van der Waals surface area contributed by atoms with Gasteiger partial charge in [-0.05, 0) is 36.1 Å². The maximum Gasteiger partial charge on any atom is 0.250 e. The number of thioether (sulfide) groups is 1. The topological polar surface area (TPSA) is 72.8 Å². The van der Waals surface area contributed by atoms with Crippen molar-refractivity contribution in [3.05, 3.63) is 59.5 Å². The monoisotopic (exact) mass is 469 g/mol. The van der Waals surface area contributed by atoms with Gasteiger partial charge in [0, 0.05) is 10.9 Å². The van der Waals surface area contributed by atoms with E-state index in [4.69, 9.17) is 9.47 Å². The summed E-state index contributed by atoms with van der Waals surface area (Å²) in [5.74, 6) is 1.96. The molecule has 1 heterocycles. The fourth-order valence-corrected chi connectivity index (χ4v) is 4.32. The van der Waals surface area contributed by atoms with Gasteiger partial charge in [0.1, 0.15) is 0 Å². The normalized spacial score (nSPS) is 11.1. The number of carbonyl (C=O) groups is 1. The zero-order valence-electron chi connectivity index (χ0n) is 18.4. The molecule has 1 amide bonds. The summed E-state index contributed by atoms with van der Waals surface area (Å²) in [7, 11) is 1.60. The van der Waals surface area contributed by atoms with Gasteiger partial charge in [0.15, 0.2) is 15.8 Å². The van der Waals surface area contributed by atoms with Crippen LogP contribution >= 0.6 is 23.1 Å². The molecular formula is C24H27N3O3S2. The van der Waals surface area contributed by atoms with Gasteiger partial charge >= 0.3 is 0 Å². The summed E-state index contributed by atoms with van der Waals surface area (Å²) in [5, 5.41) is 6.04. The van der Waals surface area contributed by atoms with E-state index in [1.807, 2.05) is 53.9 Å². The molecule has 0 fully saturated rings. The third-order valence-corrected chi connectivity index (χ3v) is 6.44. The van der Waals surface area contributed by atoms with Crippen LogP contribution in [-0.2, 0) is 4.79 Å². The summed E-state index contributed by atoms with van der Waals surface area (Å²) >= 11 is 2.92. The molecule has 32 heavy (non-hydrogen) atoms. The molecule has 0 saturated carbocycles. The summed E-state index contributed by atoms with van der Waals surface area (Å²) in [6, 6.07) is 15.5. The van der Waals surface area contributed by atoms with Crippen LogP contribution in [0.2, 0.25) is 0 Å². The molecule has 3 rings (SSSR count). The van der Waals surface area contributed by atoms with E-state index in [2.05, 4.69) is 29.4 Å². The molecule has 0 radical (unpaired) electrons. The largest absolute Gasteiger partial charge is 0.493 e. The van der Waals surface area contributed by atoms with Crippen molar-refractivity contribution in [2.24, 2.45) is 11.0 Å². The van der Waals surface area contributed by atoms with E-state index in [-0.39, 0.29) is 11.7 Å². The van der Waals surface area contributed by atoms with Gasteiger partial charge < -0.3 is 9.47 Å². The van der Waals surface area contributed by atoms with Crippen molar-refractivity contribution in [2.75, 3.05) is 19.5 Å². The minimum atomic E-state index is -0.191.